The molecule has 2 atom stereocenters. The molecule has 0 radical (unpaired) electrons. The van der Waals surface area contributed by atoms with Crippen LogP contribution in [0.5, 0.6) is 0 Å². The second-order valence-corrected chi connectivity index (χ2v) is 8.42. The van der Waals surface area contributed by atoms with Gasteiger partial charge in [0, 0.05) is 13.1 Å². The van der Waals surface area contributed by atoms with Gasteiger partial charge in [-0.1, -0.05) is 51.1 Å². The van der Waals surface area contributed by atoms with Gasteiger partial charge in [0.2, 0.25) is 0 Å². The number of carbonyl (C=O) groups excluding carboxylic acids is 1. The summed E-state index contributed by atoms with van der Waals surface area (Å²) < 4.78 is 4.89. The molecule has 154 valence electrons. The van der Waals surface area contributed by atoms with Gasteiger partial charge in [-0.2, -0.15) is 0 Å². The monoisotopic (exact) mass is 407 g/mol. The molecule has 1 amide bonds. The molecule has 8 heteroatoms. The quantitative estimate of drug-likeness (QED) is 0.511. The molecule has 1 aliphatic heterocycles. The highest BCUT2D eigenvalue weighted by Gasteiger charge is 2.51. The van der Waals surface area contributed by atoms with Crippen molar-refractivity contribution >= 4 is 29.4 Å². The van der Waals surface area contributed by atoms with Crippen LogP contribution in [-0.4, -0.2) is 52.9 Å². The zero-order valence-corrected chi connectivity index (χ0v) is 17.6. The average molecular weight is 408 g/mol. The Bertz CT molecular complexity index is 720. The summed E-state index contributed by atoms with van der Waals surface area (Å²) in [5.74, 6) is -0.450. The summed E-state index contributed by atoms with van der Waals surface area (Å²) in [6, 6.07) is 8.43. The van der Waals surface area contributed by atoms with Gasteiger partial charge in [-0.3, -0.25) is 0 Å². The minimum absolute atomic E-state index is 0.278. The van der Waals surface area contributed by atoms with E-state index in [1.165, 1.54) is 12.0 Å². The Hall–Kier alpha value is -2.35. The van der Waals surface area contributed by atoms with Crippen LogP contribution in [0.3, 0.4) is 0 Å². The van der Waals surface area contributed by atoms with Gasteiger partial charge in [0.05, 0.1) is 12.6 Å². The van der Waals surface area contributed by atoms with Gasteiger partial charge in [0.1, 0.15) is 0 Å². The fourth-order valence-corrected chi connectivity index (χ4v) is 4.03. The summed E-state index contributed by atoms with van der Waals surface area (Å²) in [7, 11) is 1.33. The Morgan fingerprint density at radius 1 is 1.32 bits per heavy atom. The lowest BCUT2D eigenvalue weighted by atomic mass is 9.71. The molecule has 3 N–H and O–H groups in total. The second kappa shape index (κ2) is 8.77. The summed E-state index contributed by atoms with van der Waals surface area (Å²) in [4.78, 5) is 25.5. The number of carbonyl (C=O) groups is 2. The molecule has 1 aromatic rings. The molecule has 1 fully saturated rings. The molecule has 1 aliphatic rings. The van der Waals surface area contributed by atoms with E-state index in [0.717, 1.165) is 18.4 Å². The summed E-state index contributed by atoms with van der Waals surface area (Å²) in [5, 5.41) is 16.1. The first-order valence-corrected chi connectivity index (χ1v) is 9.71. The number of carboxylic acid groups (broad SMARTS) is 1. The van der Waals surface area contributed by atoms with Gasteiger partial charge in [-0.25, -0.2) is 9.59 Å². The first-order chi connectivity index (χ1) is 13.1. The van der Waals surface area contributed by atoms with Crippen LogP contribution >= 0.6 is 12.2 Å². The lowest BCUT2D eigenvalue weighted by molar-refractivity contribution is -0.142. The molecule has 7 nitrogen and oxygen atoms in total. The molecular formula is C20H29N3O4S. The molecule has 0 saturated carbocycles. The van der Waals surface area contributed by atoms with Crippen LogP contribution < -0.4 is 10.6 Å². The SMILES string of the molecule is COC(=O)[C@@H](NC(=S)NCC1(C(C)(C)C)CCCN1C(=O)O)c1ccccc1. The van der Waals surface area contributed by atoms with Gasteiger partial charge in [0.15, 0.2) is 11.2 Å². The number of likely N-dealkylation sites (tertiary alicyclic amines) is 1. The van der Waals surface area contributed by atoms with Crippen LogP contribution in [0.15, 0.2) is 30.3 Å². The molecule has 1 saturated heterocycles. The normalized spacial score (nSPS) is 20.4. The van der Waals surface area contributed by atoms with E-state index in [1.54, 1.807) is 0 Å². The first-order valence-electron chi connectivity index (χ1n) is 9.30. The highest BCUT2D eigenvalue weighted by Crippen LogP contribution is 2.43. The highest BCUT2D eigenvalue weighted by molar-refractivity contribution is 7.80. The number of nitrogens with zero attached hydrogens (tertiary/aromatic N) is 1. The summed E-state index contributed by atoms with van der Waals surface area (Å²) in [5.41, 5.74) is -0.138. The Balaban J connectivity index is 2.14. The molecule has 0 bridgehead atoms. The Morgan fingerprint density at radius 2 is 1.96 bits per heavy atom. The molecule has 1 aromatic carbocycles. The number of esters is 1. The third-order valence-corrected chi connectivity index (χ3v) is 5.76. The zero-order valence-electron chi connectivity index (χ0n) is 16.8. The number of thiocarbonyl (C=S) groups is 1. The van der Waals surface area contributed by atoms with E-state index >= 15 is 0 Å². The van der Waals surface area contributed by atoms with Crippen molar-refractivity contribution in [2.24, 2.45) is 5.41 Å². The largest absolute Gasteiger partial charge is 0.467 e. The maximum atomic E-state index is 12.2. The van der Waals surface area contributed by atoms with Gasteiger partial charge >= 0.3 is 12.1 Å². The summed E-state index contributed by atoms with van der Waals surface area (Å²) in [6.45, 7) is 6.97. The van der Waals surface area contributed by atoms with E-state index in [2.05, 4.69) is 10.6 Å². The van der Waals surface area contributed by atoms with E-state index in [1.807, 2.05) is 51.1 Å². The van der Waals surface area contributed by atoms with Crippen LogP contribution in [0.1, 0.15) is 45.2 Å². The minimum Gasteiger partial charge on any atom is -0.467 e. The smallest absolute Gasteiger partial charge is 0.407 e. The van der Waals surface area contributed by atoms with Crippen LogP contribution in [0.4, 0.5) is 4.79 Å². The minimum atomic E-state index is -0.926. The molecule has 0 aliphatic carbocycles. The molecule has 0 spiro atoms. The summed E-state index contributed by atoms with van der Waals surface area (Å²) >= 11 is 5.41. The standard InChI is InChI=1S/C20H29N3O4S/c1-19(2,3)20(11-8-12-23(20)18(25)26)13-21-17(28)22-15(16(24)27-4)14-9-6-5-7-10-14/h5-7,9-10,15H,8,11-13H2,1-4H3,(H,25,26)(H2,21,22,28)/t15-,20?/m0/s1. The topological polar surface area (TPSA) is 90.9 Å². The molecule has 28 heavy (non-hydrogen) atoms. The Labute approximate surface area is 171 Å². The van der Waals surface area contributed by atoms with Crippen molar-refractivity contribution in [3.63, 3.8) is 0 Å². The van der Waals surface area contributed by atoms with E-state index < -0.39 is 23.6 Å². The highest BCUT2D eigenvalue weighted by atomic mass is 32.1. The van der Waals surface area contributed by atoms with Crippen molar-refractivity contribution in [1.82, 2.24) is 15.5 Å². The maximum absolute atomic E-state index is 12.2. The molecule has 0 aromatic heterocycles. The van der Waals surface area contributed by atoms with Crippen molar-refractivity contribution in [1.29, 1.82) is 0 Å². The van der Waals surface area contributed by atoms with Gasteiger partial charge in [-0.05, 0) is 36.0 Å². The summed E-state index contributed by atoms with van der Waals surface area (Å²) in [6.07, 6.45) is 0.627. The second-order valence-electron chi connectivity index (χ2n) is 8.01. The number of amides is 1. The van der Waals surface area contributed by atoms with E-state index in [9.17, 15) is 14.7 Å². The Kier molecular flexibility index (Phi) is 6.87. The molecular weight excluding hydrogens is 378 g/mol. The fraction of sp³-hybridized carbons (Fsp3) is 0.550. The number of hydrogen-bond acceptors (Lipinski definition) is 4. The molecule has 1 unspecified atom stereocenters. The van der Waals surface area contributed by atoms with E-state index in [0.29, 0.717) is 13.1 Å². The average Bonchev–Trinajstić information content (AvgIpc) is 3.10. The van der Waals surface area contributed by atoms with Crippen molar-refractivity contribution in [3.05, 3.63) is 35.9 Å². The number of methoxy groups -OCH3 is 1. The third-order valence-electron chi connectivity index (χ3n) is 5.50. The lowest BCUT2D eigenvalue weighted by Gasteiger charge is -2.47. The number of nitrogens with one attached hydrogen (secondary N) is 2. The predicted molar refractivity (Wildman–Crippen MR) is 111 cm³/mol. The first kappa shape index (κ1) is 21.9. The lowest BCUT2D eigenvalue weighted by Crippen LogP contribution is -2.62. The van der Waals surface area contributed by atoms with E-state index in [4.69, 9.17) is 17.0 Å². The van der Waals surface area contributed by atoms with Crippen LogP contribution in [0, 0.1) is 5.41 Å². The number of hydrogen-bond donors (Lipinski definition) is 3. The zero-order chi connectivity index (χ0) is 20.9. The Morgan fingerprint density at radius 3 is 2.50 bits per heavy atom. The van der Waals surface area contributed by atoms with Gasteiger partial charge < -0.3 is 25.4 Å². The number of ether oxygens (including phenoxy) is 1. The van der Waals surface area contributed by atoms with Crippen molar-refractivity contribution < 1.29 is 19.4 Å². The van der Waals surface area contributed by atoms with Crippen molar-refractivity contribution in [2.75, 3.05) is 20.2 Å². The van der Waals surface area contributed by atoms with Crippen LogP contribution in [0.2, 0.25) is 0 Å². The van der Waals surface area contributed by atoms with Gasteiger partial charge in [0.25, 0.3) is 0 Å². The molecule has 2 rings (SSSR count). The number of benzene rings is 1. The van der Waals surface area contributed by atoms with E-state index in [-0.39, 0.29) is 10.5 Å². The predicted octanol–water partition coefficient (Wildman–Crippen LogP) is 2.92. The number of rotatable bonds is 5. The van der Waals surface area contributed by atoms with Crippen molar-refractivity contribution in [2.45, 2.75) is 45.2 Å². The third kappa shape index (κ3) is 4.55. The maximum Gasteiger partial charge on any atom is 0.407 e. The van der Waals surface area contributed by atoms with Crippen LogP contribution in [-0.2, 0) is 9.53 Å². The fourth-order valence-electron chi connectivity index (χ4n) is 3.84. The molecule has 1 heterocycles. The van der Waals surface area contributed by atoms with Crippen LogP contribution in [0.25, 0.3) is 0 Å². The van der Waals surface area contributed by atoms with Gasteiger partial charge in [-0.15, -0.1) is 0 Å². The van der Waals surface area contributed by atoms with Crippen molar-refractivity contribution in [3.8, 4) is 0 Å².